The van der Waals surface area contributed by atoms with Gasteiger partial charge in [-0.3, -0.25) is 5.32 Å². The van der Waals surface area contributed by atoms with Crippen molar-refractivity contribution >= 4 is 35.0 Å². The van der Waals surface area contributed by atoms with E-state index in [0.29, 0.717) is 16.5 Å². The standard InChI is InChI=1S/C12H9Cl2NO3/c13-9-4-1-5-10(11(9)14)15-12(16)18-7-8-3-2-6-17-8/h1-6H,7H2,(H,15,16). The number of rotatable bonds is 3. The summed E-state index contributed by atoms with van der Waals surface area (Å²) in [4.78, 5) is 11.5. The van der Waals surface area contributed by atoms with E-state index in [9.17, 15) is 4.79 Å². The van der Waals surface area contributed by atoms with Gasteiger partial charge in [-0.1, -0.05) is 29.3 Å². The summed E-state index contributed by atoms with van der Waals surface area (Å²) in [6.45, 7) is 0.0526. The van der Waals surface area contributed by atoms with Crippen LogP contribution in [-0.2, 0) is 11.3 Å². The summed E-state index contributed by atoms with van der Waals surface area (Å²) in [5.74, 6) is 0.558. The third-order valence-corrected chi connectivity index (χ3v) is 2.93. The van der Waals surface area contributed by atoms with E-state index in [1.807, 2.05) is 0 Å². The van der Waals surface area contributed by atoms with Crippen LogP contribution in [-0.4, -0.2) is 6.09 Å². The van der Waals surface area contributed by atoms with Gasteiger partial charge in [-0.25, -0.2) is 4.79 Å². The predicted octanol–water partition coefficient (Wildman–Crippen LogP) is 4.34. The molecule has 0 aliphatic carbocycles. The summed E-state index contributed by atoms with van der Waals surface area (Å²) in [7, 11) is 0. The maximum Gasteiger partial charge on any atom is 0.412 e. The molecule has 4 nitrogen and oxygen atoms in total. The summed E-state index contributed by atoms with van der Waals surface area (Å²) in [5, 5.41) is 3.13. The molecule has 0 spiro atoms. The molecule has 1 N–H and O–H groups in total. The van der Waals surface area contributed by atoms with Gasteiger partial charge in [-0.2, -0.15) is 0 Å². The molecule has 6 heteroatoms. The Hall–Kier alpha value is -1.65. The normalized spacial score (nSPS) is 10.1. The number of amides is 1. The van der Waals surface area contributed by atoms with Gasteiger partial charge >= 0.3 is 6.09 Å². The second kappa shape index (κ2) is 5.80. The van der Waals surface area contributed by atoms with E-state index < -0.39 is 6.09 Å². The minimum atomic E-state index is -0.629. The van der Waals surface area contributed by atoms with Crippen molar-refractivity contribution in [3.8, 4) is 0 Å². The fourth-order valence-electron chi connectivity index (χ4n) is 1.28. The van der Waals surface area contributed by atoms with E-state index in [-0.39, 0.29) is 11.6 Å². The minimum absolute atomic E-state index is 0.0526. The monoisotopic (exact) mass is 285 g/mol. The first-order valence-electron chi connectivity index (χ1n) is 5.07. The van der Waals surface area contributed by atoms with E-state index >= 15 is 0 Å². The van der Waals surface area contributed by atoms with Crippen LogP contribution in [0.5, 0.6) is 0 Å². The molecule has 18 heavy (non-hydrogen) atoms. The smallest absolute Gasteiger partial charge is 0.412 e. The topological polar surface area (TPSA) is 51.5 Å². The summed E-state index contributed by atoms with van der Waals surface area (Å²) < 4.78 is 9.96. The van der Waals surface area contributed by atoms with Crippen molar-refractivity contribution in [3.05, 3.63) is 52.4 Å². The average Bonchev–Trinajstić information content (AvgIpc) is 2.86. The number of hydrogen-bond donors (Lipinski definition) is 1. The Morgan fingerprint density at radius 3 is 2.83 bits per heavy atom. The Labute approximate surface area is 113 Å². The highest BCUT2D eigenvalue weighted by molar-refractivity contribution is 6.43. The molecule has 0 radical (unpaired) electrons. The molecule has 0 atom stereocenters. The van der Waals surface area contributed by atoms with E-state index in [0.717, 1.165) is 0 Å². The fraction of sp³-hybridized carbons (Fsp3) is 0.0833. The average molecular weight is 286 g/mol. The van der Waals surface area contributed by atoms with Crippen molar-refractivity contribution in [1.29, 1.82) is 0 Å². The molecule has 2 aromatic rings. The number of carbonyl (C=O) groups excluding carboxylic acids is 1. The first kappa shape index (κ1) is 12.8. The molecule has 0 saturated heterocycles. The number of furan rings is 1. The van der Waals surface area contributed by atoms with Crippen LogP contribution >= 0.6 is 23.2 Å². The van der Waals surface area contributed by atoms with Crippen molar-refractivity contribution < 1.29 is 13.9 Å². The van der Waals surface area contributed by atoms with Gasteiger partial charge in [0, 0.05) is 0 Å². The molecule has 1 heterocycles. The van der Waals surface area contributed by atoms with Crippen LogP contribution in [0.2, 0.25) is 10.0 Å². The van der Waals surface area contributed by atoms with Crippen LogP contribution < -0.4 is 5.32 Å². The van der Waals surface area contributed by atoms with Crippen molar-refractivity contribution in [1.82, 2.24) is 0 Å². The quantitative estimate of drug-likeness (QED) is 0.913. The Morgan fingerprint density at radius 2 is 2.11 bits per heavy atom. The lowest BCUT2D eigenvalue weighted by atomic mass is 10.3. The van der Waals surface area contributed by atoms with Crippen LogP contribution in [0, 0.1) is 0 Å². The number of halogens is 2. The summed E-state index contributed by atoms with van der Waals surface area (Å²) in [5.41, 5.74) is 0.397. The molecule has 1 amide bonds. The third-order valence-electron chi connectivity index (χ3n) is 2.11. The number of benzene rings is 1. The van der Waals surface area contributed by atoms with Crippen molar-refractivity contribution in [2.24, 2.45) is 0 Å². The zero-order chi connectivity index (χ0) is 13.0. The maximum absolute atomic E-state index is 11.5. The zero-order valence-electron chi connectivity index (χ0n) is 9.15. The summed E-state index contributed by atoms with van der Waals surface area (Å²) in [6, 6.07) is 8.35. The van der Waals surface area contributed by atoms with Gasteiger partial charge in [0.25, 0.3) is 0 Å². The second-order valence-electron chi connectivity index (χ2n) is 3.38. The van der Waals surface area contributed by atoms with Crippen LogP contribution in [0.25, 0.3) is 0 Å². The first-order chi connectivity index (χ1) is 8.66. The van der Waals surface area contributed by atoms with Crippen molar-refractivity contribution in [2.75, 3.05) is 5.32 Å². The summed E-state index contributed by atoms with van der Waals surface area (Å²) in [6.07, 6.45) is 0.875. The van der Waals surface area contributed by atoms with E-state index in [1.165, 1.54) is 6.26 Å². The molecule has 0 fully saturated rings. The Bertz CT molecular complexity index is 540. The summed E-state index contributed by atoms with van der Waals surface area (Å²) >= 11 is 11.7. The van der Waals surface area contributed by atoms with Gasteiger partial charge in [0.1, 0.15) is 5.76 Å². The zero-order valence-corrected chi connectivity index (χ0v) is 10.7. The number of nitrogens with one attached hydrogen (secondary N) is 1. The van der Waals surface area contributed by atoms with Gasteiger partial charge in [0.15, 0.2) is 6.61 Å². The molecule has 1 aromatic heterocycles. The van der Waals surface area contributed by atoms with Gasteiger partial charge in [-0.05, 0) is 24.3 Å². The lowest BCUT2D eigenvalue weighted by Crippen LogP contribution is -2.13. The van der Waals surface area contributed by atoms with Gasteiger partial charge in [0.2, 0.25) is 0 Å². The lowest BCUT2D eigenvalue weighted by molar-refractivity contribution is 0.146. The molecule has 0 aliphatic rings. The van der Waals surface area contributed by atoms with E-state index in [2.05, 4.69) is 5.32 Å². The molecule has 0 saturated carbocycles. The van der Waals surface area contributed by atoms with E-state index in [4.69, 9.17) is 32.4 Å². The van der Waals surface area contributed by atoms with Crippen LogP contribution in [0.1, 0.15) is 5.76 Å². The molecule has 0 unspecified atom stereocenters. The molecule has 1 aromatic carbocycles. The highest BCUT2D eigenvalue weighted by atomic mass is 35.5. The van der Waals surface area contributed by atoms with Crippen molar-refractivity contribution in [2.45, 2.75) is 6.61 Å². The number of carbonyl (C=O) groups is 1. The van der Waals surface area contributed by atoms with E-state index in [1.54, 1.807) is 30.3 Å². The highest BCUT2D eigenvalue weighted by Crippen LogP contribution is 2.29. The SMILES string of the molecule is O=C(Nc1cccc(Cl)c1Cl)OCc1ccco1. The van der Waals surface area contributed by atoms with Gasteiger partial charge in [0.05, 0.1) is 22.0 Å². The molecular formula is C12H9Cl2NO3. The minimum Gasteiger partial charge on any atom is -0.466 e. The van der Waals surface area contributed by atoms with Crippen LogP contribution in [0.15, 0.2) is 41.0 Å². The Balaban J connectivity index is 1.93. The first-order valence-corrected chi connectivity index (χ1v) is 5.82. The largest absolute Gasteiger partial charge is 0.466 e. The molecular weight excluding hydrogens is 277 g/mol. The molecule has 94 valence electrons. The number of ether oxygens (including phenoxy) is 1. The van der Waals surface area contributed by atoms with Crippen LogP contribution in [0.3, 0.4) is 0 Å². The maximum atomic E-state index is 11.5. The fourth-order valence-corrected chi connectivity index (χ4v) is 1.63. The van der Waals surface area contributed by atoms with Crippen molar-refractivity contribution in [3.63, 3.8) is 0 Å². The molecule has 2 rings (SSSR count). The lowest BCUT2D eigenvalue weighted by Gasteiger charge is -2.08. The Kier molecular flexibility index (Phi) is 4.12. The highest BCUT2D eigenvalue weighted by Gasteiger charge is 2.09. The molecule has 0 aliphatic heterocycles. The van der Waals surface area contributed by atoms with Crippen LogP contribution in [0.4, 0.5) is 10.5 Å². The molecule has 0 bridgehead atoms. The predicted molar refractivity (Wildman–Crippen MR) is 69.0 cm³/mol. The second-order valence-corrected chi connectivity index (χ2v) is 4.17. The number of hydrogen-bond acceptors (Lipinski definition) is 3. The number of anilines is 1. The third kappa shape index (κ3) is 3.18. The van der Waals surface area contributed by atoms with Gasteiger partial charge in [-0.15, -0.1) is 0 Å². The Morgan fingerprint density at radius 1 is 1.28 bits per heavy atom. The van der Waals surface area contributed by atoms with Gasteiger partial charge < -0.3 is 9.15 Å².